The number of hydrogen-bond donors (Lipinski definition) is 0. The molecule has 0 aromatic heterocycles. The zero-order valence-electron chi connectivity index (χ0n) is 8.21. The second-order valence-electron chi connectivity index (χ2n) is 3.43. The number of ether oxygens (including phenoxy) is 1. The zero-order valence-corrected chi connectivity index (χ0v) is 8.21. The lowest BCUT2D eigenvalue weighted by Crippen LogP contribution is -2.28. The molecular weight excluding hydrogens is 162 g/mol. The first-order chi connectivity index (χ1) is 6.31. The van der Waals surface area contributed by atoms with Gasteiger partial charge >= 0.3 is 0 Å². The smallest absolute Gasteiger partial charge is 0.142 e. The average molecular weight is 177 g/mol. The maximum atomic E-state index is 5.55. The SMILES string of the molecule is CCc1ccc2c(c1)N(C)CCO2. The Hall–Kier alpha value is -1.18. The Morgan fingerprint density at radius 1 is 1.46 bits per heavy atom. The van der Waals surface area contributed by atoms with Crippen LogP contribution in [0.3, 0.4) is 0 Å². The molecule has 0 fully saturated rings. The summed E-state index contributed by atoms with van der Waals surface area (Å²) in [6.45, 7) is 3.96. The normalized spacial score (nSPS) is 15.1. The van der Waals surface area contributed by atoms with E-state index in [9.17, 15) is 0 Å². The molecule has 0 aliphatic carbocycles. The fourth-order valence-electron chi connectivity index (χ4n) is 1.62. The lowest BCUT2D eigenvalue weighted by molar-refractivity contribution is 0.311. The van der Waals surface area contributed by atoms with E-state index in [-0.39, 0.29) is 0 Å². The third kappa shape index (κ3) is 1.48. The third-order valence-corrected chi connectivity index (χ3v) is 2.53. The molecule has 0 N–H and O–H groups in total. The van der Waals surface area contributed by atoms with E-state index in [1.165, 1.54) is 11.3 Å². The number of fused-ring (bicyclic) bond motifs is 1. The van der Waals surface area contributed by atoms with E-state index in [2.05, 4.69) is 37.1 Å². The molecule has 0 atom stereocenters. The van der Waals surface area contributed by atoms with Crippen LogP contribution in [0.4, 0.5) is 5.69 Å². The van der Waals surface area contributed by atoms with Crippen molar-refractivity contribution in [2.75, 3.05) is 25.1 Å². The van der Waals surface area contributed by atoms with Crippen molar-refractivity contribution < 1.29 is 4.74 Å². The molecule has 0 saturated carbocycles. The van der Waals surface area contributed by atoms with Gasteiger partial charge in [-0.15, -0.1) is 0 Å². The molecule has 0 spiro atoms. The fraction of sp³-hybridized carbons (Fsp3) is 0.455. The van der Waals surface area contributed by atoms with Crippen LogP contribution in [-0.4, -0.2) is 20.2 Å². The summed E-state index contributed by atoms with van der Waals surface area (Å²) in [5, 5.41) is 0. The number of rotatable bonds is 1. The number of likely N-dealkylation sites (N-methyl/N-ethyl adjacent to an activating group) is 1. The summed E-state index contributed by atoms with van der Waals surface area (Å²) >= 11 is 0. The second kappa shape index (κ2) is 3.29. The van der Waals surface area contributed by atoms with Crippen molar-refractivity contribution in [1.82, 2.24) is 0 Å². The minimum atomic E-state index is 0.801. The van der Waals surface area contributed by atoms with Gasteiger partial charge in [0.2, 0.25) is 0 Å². The molecule has 70 valence electrons. The molecule has 1 heterocycles. The van der Waals surface area contributed by atoms with Crippen molar-refractivity contribution in [2.45, 2.75) is 13.3 Å². The van der Waals surface area contributed by atoms with E-state index in [0.29, 0.717) is 0 Å². The first kappa shape index (κ1) is 8.42. The highest BCUT2D eigenvalue weighted by Crippen LogP contribution is 2.31. The van der Waals surface area contributed by atoms with E-state index >= 15 is 0 Å². The summed E-state index contributed by atoms with van der Waals surface area (Å²) in [7, 11) is 2.11. The maximum absolute atomic E-state index is 5.55. The van der Waals surface area contributed by atoms with Crippen molar-refractivity contribution >= 4 is 5.69 Å². The van der Waals surface area contributed by atoms with Gasteiger partial charge in [0.1, 0.15) is 12.4 Å². The van der Waals surface area contributed by atoms with Gasteiger partial charge in [-0.3, -0.25) is 0 Å². The van der Waals surface area contributed by atoms with Gasteiger partial charge in [0, 0.05) is 7.05 Å². The Labute approximate surface area is 79.1 Å². The fourth-order valence-corrected chi connectivity index (χ4v) is 1.62. The van der Waals surface area contributed by atoms with Crippen LogP contribution in [-0.2, 0) is 6.42 Å². The molecule has 1 aromatic rings. The van der Waals surface area contributed by atoms with Crippen LogP contribution in [0.5, 0.6) is 5.75 Å². The molecule has 2 nitrogen and oxygen atoms in total. The van der Waals surface area contributed by atoms with Crippen molar-refractivity contribution in [3.8, 4) is 5.75 Å². The van der Waals surface area contributed by atoms with Gasteiger partial charge in [-0.25, -0.2) is 0 Å². The molecule has 2 rings (SSSR count). The summed E-state index contributed by atoms with van der Waals surface area (Å²) in [6.07, 6.45) is 1.08. The molecule has 1 aliphatic heterocycles. The van der Waals surface area contributed by atoms with Gasteiger partial charge in [-0.2, -0.15) is 0 Å². The lowest BCUT2D eigenvalue weighted by Gasteiger charge is -2.28. The quantitative estimate of drug-likeness (QED) is 0.651. The van der Waals surface area contributed by atoms with Crippen LogP contribution in [0.1, 0.15) is 12.5 Å². The van der Waals surface area contributed by atoms with E-state index < -0.39 is 0 Å². The zero-order chi connectivity index (χ0) is 9.26. The topological polar surface area (TPSA) is 12.5 Å². The number of nitrogens with zero attached hydrogens (tertiary/aromatic N) is 1. The van der Waals surface area contributed by atoms with Gasteiger partial charge in [-0.1, -0.05) is 13.0 Å². The van der Waals surface area contributed by atoms with Crippen LogP contribution >= 0.6 is 0 Å². The molecule has 0 saturated heterocycles. The standard InChI is InChI=1S/C11H15NO/c1-3-9-4-5-11-10(8-9)12(2)6-7-13-11/h4-5,8H,3,6-7H2,1-2H3. The highest BCUT2D eigenvalue weighted by Gasteiger charge is 2.14. The van der Waals surface area contributed by atoms with Crippen molar-refractivity contribution in [1.29, 1.82) is 0 Å². The summed E-state index contributed by atoms with van der Waals surface area (Å²) < 4.78 is 5.55. The molecule has 1 aromatic carbocycles. The van der Waals surface area contributed by atoms with E-state index in [4.69, 9.17) is 4.74 Å². The Kier molecular flexibility index (Phi) is 2.13. The van der Waals surface area contributed by atoms with E-state index in [1.807, 2.05) is 0 Å². The third-order valence-electron chi connectivity index (χ3n) is 2.53. The van der Waals surface area contributed by atoms with Gasteiger partial charge in [0.15, 0.2) is 0 Å². The molecular formula is C11H15NO. The van der Waals surface area contributed by atoms with Crippen molar-refractivity contribution in [2.24, 2.45) is 0 Å². The number of aryl methyl sites for hydroxylation is 1. The summed E-state index contributed by atoms with van der Waals surface area (Å²) in [5.74, 6) is 1.02. The van der Waals surface area contributed by atoms with Crippen LogP contribution < -0.4 is 9.64 Å². The molecule has 13 heavy (non-hydrogen) atoms. The van der Waals surface area contributed by atoms with Crippen molar-refractivity contribution in [3.63, 3.8) is 0 Å². The van der Waals surface area contributed by atoms with Crippen LogP contribution in [0.2, 0.25) is 0 Å². The Morgan fingerprint density at radius 3 is 3.08 bits per heavy atom. The number of anilines is 1. The van der Waals surface area contributed by atoms with Crippen LogP contribution in [0.25, 0.3) is 0 Å². The minimum Gasteiger partial charge on any atom is -0.490 e. The Bertz CT molecular complexity index is 309. The van der Waals surface area contributed by atoms with Gasteiger partial charge in [0.05, 0.1) is 12.2 Å². The maximum Gasteiger partial charge on any atom is 0.142 e. The molecule has 0 radical (unpaired) electrons. The number of hydrogen-bond acceptors (Lipinski definition) is 2. The van der Waals surface area contributed by atoms with E-state index in [1.54, 1.807) is 0 Å². The van der Waals surface area contributed by atoms with Crippen LogP contribution in [0, 0.1) is 0 Å². The predicted molar refractivity (Wildman–Crippen MR) is 54.6 cm³/mol. The molecule has 0 unspecified atom stereocenters. The largest absolute Gasteiger partial charge is 0.490 e. The van der Waals surface area contributed by atoms with Gasteiger partial charge < -0.3 is 9.64 Å². The predicted octanol–water partition coefficient (Wildman–Crippen LogP) is 2.08. The minimum absolute atomic E-state index is 0.801. The van der Waals surface area contributed by atoms with Crippen molar-refractivity contribution in [3.05, 3.63) is 23.8 Å². The summed E-state index contributed by atoms with van der Waals surface area (Å²) in [5.41, 5.74) is 2.60. The van der Waals surface area contributed by atoms with Crippen LogP contribution in [0.15, 0.2) is 18.2 Å². The highest BCUT2D eigenvalue weighted by atomic mass is 16.5. The molecule has 0 bridgehead atoms. The van der Waals surface area contributed by atoms with Gasteiger partial charge in [-0.05, 0) is 24.1 Å². The molecule has 2 heteroatoms. The first-order valence-electron chi connectivity index (χ1n) is 4.78. The molecule has 0 amide bonds. The second-order valence-corrected chi connectivity index (χ2v) is 3.43. The highest BCUT2D eigenvalue weighted by molar-refractivity contribution is 5.60. The number of benzene rings is 1. The van der Waals surface area contributed by atoms with Gasteiger partial charge in [0.25, 0.3) is 0 Å². The lowest BCUT2D eigenvalue weighted by atomic mass is 10.1. The van der Waals surface area contributed by atoms with E-state index in [0.717, 1.165) is 25.3 Å². The summed E-state index contributed by atoms with van der Waals surface area (Å²) in [6, 6.07) is 6.43. The Morgan fingerprint density at radius 2 is 2.31 bits per heavy atom. The molecule has 1 aliphatic rings. The first-order valence-corrected chi connectivity index (χ1v) is 4.78. The average Bonchev–Trinajstić information content (AvgIpc) is 2.18. The monoisotopic (exact) mass is 177 g/mol. The summed E-state index contributed by atoms with van der Waals surface area (Å²) in [4.78, 5) is 2.25. The Balaban J connectivity index is 2.41.